The minimum absolute atomic E-state index is 0.159. The molecule has 2 rings (SSSR count). The van der Waals surface area contributed by atoms with Crippen molar-refractivity contribution >= 4 is 5.78 Å². The van der Waals surface area contributed by atoms with Gasteiger partial charge in [0, 0.05) is 13.7 Å². The molecule has 1 aromatic heterocycles. The standard InChI is InChI=1S/C15H25N3O2/c1-3-10-18-14(16-12-17-18)11-13(19)15(20-2)8-6-4-5-7-9-15/h12H,3-11H2,1-2H3. The zero-order valence-corrected chi connectivity index (χ0v) is 12.6. The number of rotatable bonds is 6. The highest BCUT2D eigenvalue weighted by molar-refractivity contribution is 5.88. The number of aryl methyl sites for hydroxylation is 1. The van der Waals surface area contributed by atoms with Gasteiger partial charge in [-0.3, -0.25) is 4.79 Å². The summed E-state index contributed by atoms with van der Waals surface area (Å²) >= 11 is 0. The molecular weight excluding hydrogens is 254 g/mol. The number of carbonyl (C=O) groups excluding carboxylic acids is 1. The molecule has 5 heteroatoms. The summed E-state index contributed by atoms with van der Waals surface area (Å²) in [5, 5.41) is 4.18. The first-order valence-electron chi connectivity index (χ1n) is 7.67. The number of ketones is 1. The SMILES string of the molecule is CCCn1ncnc1CC(=O)C1(OC)CCCCCC1. The van der Waals surface area contributed by atoms with E-state index < -0.39 is 5.60 Å². The number of hydrogen-bond donors (Lipinski definition) is 0. The molecule has 0 unspecified atom stereocenters. The predicted octanol–water partition coefficient (Wildman–Crippen LogP) is 2.54. The molecule has 1 heterocycles. The third-order valence-electron chi connectivity index (χ3n) is 4.26. The van der Waals surface area contributed by atoms with Crippen LogP contribution in [-0.2, 0) is 22.5 Å². The second kappa shape index (κ2) is 6.97. The Morgan fingerprint density at radius 2 is 2.05 bits per heavy atom. The lowest BCUT2D eigenvalue weighted by atomic mass is 9.87. The first-order chi connectivity index (χ1) is 9.72. The topological polar surface area (TPSA) is 57.0 Å². The lowest BCUT2D eigenvalue weighted by Gasteiger charge is -2.29. The molecule has 1 saturated carbocycles. The van der Waals surface area contributed by atoms with Gasteiger partial charge in [-0.1, -0.05) is 32.6 Å². The second-order valence-electron chi connectivity index (χ2n) is 5.61. The normalized spacial score (nSPS) is 18.7. The van der Waals surface area contributed by atoms with E-state index in [0.717, 1.165) is 44.5 Å². The summed E-state index contributed by atoms with van der Waals surface area (Å²) in [7, 11) is 1.67. The van der Waals surface area contributed by atoms with Crippen molar-refractivity contribution in [2.45, 2.75) is 70.4 Å². The smallest absolute Gasteiger partial charge is 0.172 e. The molecule has 0 aromatic carbocycles. The average molecular weight is 279 g/mol. The van der Waals surface area contributed by atoms with E-state index in [0.29, 0.717) is 6.42 Å². The van der Waals surface area contributed by atoms with Crippen LogP contribution in [0.3, 0.4) is 0 Å². The van der Waals surface area contributed by atoms with Gasteiger partial charge in [-0.15, -0.1) is 0 Å². The third-order valence-corrected chi connectivity index (χ3v) is 4.26. The molecule has 0 atom stereocenters. The Hall–Kier alpha value is -1.23. The monoisotopic (exact) mass is 279 g/mol. The van der Waals surface area contributed by atoms with Gasteiger partial charge in [0.1, 0.15) is 17.8 Å². The van der Waals surface area contributed by atoms with Crippen LogP contribution in [0.2, 0.25) is 0 Å². The number of Topliss-reactive ketones (excluding diaryl/α,β-unsaturated/α-hetero) is 1. The van der Waals surface area contributed by atoms with E-state index in [9.17, 15) is 4.79 Å². The molecule has 0 saturated heterocycles. The zero-order valence-electron chi connectivity index (χ0n) is 12.6. The zero-order chi connectivity index (χ0) is 14.4. The molecule has 0 spiro atoms. The van der Waals surface area contributed by atoms with Gasteiger partial charge in [0.15, 0.2) is 5.78 Å². The van der Waals surface area contributed by atoms with Gasteiger partial charge in [-0.05, 0) is 19.3 Å². The predicted molar refractivity (Wildman–Crippen MR) is 76.5 cm³/mol. The van der Waals surface area contributed by atoms with Gasteiger partial charge < -0.3 is 4.74 Å². The van der Waals surface area contributed by atoms with Gasteiger partial charge in [0.05, 0.1) is 6.42 Å². The summed E-state index contributed by atoms with van der Waals surface area (Å²) in [6, 6.07) is 0. The summed E-state index contributed by atoms with van der Waals surface area (Å²) in [6.07, 6.45) is 9.06. The maximum atomic E-state index is 12.7. The van der Waals surface area contributed by atoms with Crippen LogP contribution in [0.5, 0.6) is 0 Å². The van der Waals surface area contributed by atoms with Crippen molar-refractivity contribution < 1.29 is 9.53 Å². The van der Waals surface area contributed by atoms with Crippen LogP contribution < -0.4 is 0 Å². The van der Waals surface area contributed by atoms with Crippen molar-refractivity contribution in [3.05, 3.63) is 12.2 Å². The molecule has 112 valence electrons. The second-order valence-corrected chi connectivity index (χ2v) is 5.61. The number of hydrogen-bond acceptors (Lipinski definition) is 4. The Kier molecular flexibility index (Phi) is 5.29. The van der Waals surface area contributed by atoms with Crippen molar-refractivity contribution in [3.8, 4) is 0 Å². The highest BCUT2D eigenvalue weighted by atomic mass is 16.5. The number of carbonyl (C=O) groups is 1. The van der Waals surface area contributed by atoms with Crippen LogP contribution in [0.4, 0.5) is 0 Å². The number of methoxy groups -OCH3 is 1. The lowest BCUT2D eigenvalue weighted by Crippen LogP contribution is -2.41. The maximum Gasteiger partial charge on any atom is 0.172 e. The van der Waals surface area contributed by atoms with Gasteiger partial charge in [-0.2, -0.15) is 5.10 Å². The number of aromatic nitrogens is 3. The Morgan fingerprint density at radius 3 is 2.65 bits per heavy atom. The quantitative estimate of drug-likeness (QED) is 0.751. The average Bonchev–Trinajstić information content (AvgIpc) is 2.75. The Morgan fingerprint density at radius 1 is 1.35 bits per heavy atom. The highest BCUT2D eigenvalue weighted by Gasteiger charge is 2.38. The molecule has 1 aliphatic rings. The molecular formula is C15H25N3O2. The van der Waals surface area contributed by atoms with E-state index in [1.165, 1.54) is 19.2 Å². The fourth-order valence-electron chi connectivity index (χ4n) is 3.02. The van der Waals surface area contributed by atoms with Crippen LogP contribution in [0.25, 0.3) is 0 Å². The van der Waals surface area contributed by atoms with Crippen molar-refractivity contribution in [1.29, 1.82) is 0 Å². The fraction of sp³-hybridized carbons (Fsp3) is 0.800. The van der Waals surface area contributed by atoms with Crippen LogP contribution >= 0.6 is 0 Å². The van der Waals surface area contributed by atoms with Crippen molar-refractivity contribution in [1.82, 2.24) is 14.8 Å². The molecule has 0 N–H and O–H groups in total. The minimum Gasteiger partial charge on any atom is -0.370 e. The third kappa shape index (κ3) is 3.26. The van der Waals surface area contributed by atoms with Crippen molar-refractivity contribution in [2.24, 2.45) is 0 Å². The molecule has 1 aromatic rings. The summed E-state index contributed by atoms with van der Waals surface area (Å²) < 4.78 is 7.49. The molecule has 5 nitrogen and oxygen atoms in total. The van der Waals surface area contributed by atoms with E-state index >= 15 is 0 Å². The summed E-state index contributed by atoms with van der Waals surface area (Å²) in [5.41, 5.74) is -0.598. The largest absolute Gasteiger partial charge is 0.370 e. The molecule has 1 fully saturated rings. The van der Waals surface area contributed by atoms with Gasteiger partial charge >= 0.3 is 0 Å². The number of ether oxygens (including phenoxy) is 1. The van der Waals surface area contributed by atoms with E-state index in [1.807, 2.05) is 4.68 Å². The Labute approximate surface area is 120 Å². The summed E-state index contributed by atoms with van der Waals surface area (Å²) in [4.78, 5) is 17.0. The first-order valence-corrected chi connectivity index (χ1v) is 7.67. The molecule has 1 aliphatic carbocycles. The summed E-state index contributed by atoms with van der Waals surface area (Å²) in [6.45, 7) is 2.90. The summed E-state index contributed by atoms with van der Waals surface area (Å²) in [5.74, 6) is 0.921. The van der Waals surface area contributed by atoms with Gasteiger partial charge in [0.2, 0.25) is 0 Å². The van der Waals surface area contributed by atoms with Crippen LogP contribution in [0.15, 0.2) is 6.33 Å². The van der Waals surface area contributed by atoms with Crippen LogP contribution in [0, 0.1) is 0 Å². The van der Waals surface area contributed by atoms with Crippen LogP contribution in [-0.4, -0.2) is 33.3 Å². The molecule has 20 heavy (non-hydrogen) atoms. The lowest BCUT2D eigenvalue weighted by molar-refractivity contribution is -0.142. The Balaban J connectivity index is 2.10. The molecule has 0 bridgehead atoms. The van der Waals surface area contributed by atoms with Crippen molar-refractivity contribution in [2.75, 3.05) is 7.11 Å². The molecule has 0 amide bonds. The highest BCUT2D eigenvalue weighted by Crippen LogP contribution is 2.31. The molecule has 0 radical (unpaired) electrons. The van der Waals surface area contributed by atoms with E-state index in [4.69, 9.17) is 4.74 Å². The Bertz CT molecular complexity index is 434. The van der Waals surface area contributed by atoms with Gasteiger partial charge in [-0.25, -0.2) is 9.67 Å². The van der Waals surface area contributed by atoms with Crippen LogP contribution in [0.1, 0.15) is 57.7 Å². The van der Waals surface area contributed by atoms with E-state index in [-0.39, 0.29) is 5.78 Å². The van der Waals surface area contributed by atoms with E-state index in [1.54, 1.807) is 7.11 Å². The van der Waals surface area contributed by atoms with E-state index in [2.05, 4.69) is 17.0 Å². The number of nitrogens with zero attached hydrogens (tertiary/aromatic N) is 3. The first kappa shape index (κ1) is 15.2. The maximum absolute atomic E-state index is 12.7. The minimum atomic E-state index is -0.598. The van der Waals surface area contributed by atoms with Crippen molar-refractivity contribution in [3.63, 3.8) is 0 Å². The molecule has 0 aliphatic heterocycles. The van der Waals surface area contributed by atoms with Gasteiger partial charge in [0.25, 0.3) is 0 Å². The fourth-order valence-corrected chi connectivity index (χ4v) is 3.02.